The summed E-state index contributed by atoms with van der Waals surface area (Å²) < 4.78 is 0. The van der Waals surface area contributed by atoms with E-state index in [0.29, 0.717) is 16.1 Å². The summed E-state index contributed by atoms with van der Waals surface area (Å²) >= 11 is 1.44. The lowest BCUT2D eigenvalue weighted by Crippen LogP contribution is -1.88. The highest BCUT2D eigenvalue weighted by atomic mass is 32.1. The number of thiazole rings is 1. The number of non-ortho nitro benzene ring substituents is 1. The van der Waals surface area contributed by atoms with E-state index in [4.69, 9.17) is 0 Å². The van der Waals surface area contributed by atoms with E-state index in [1.807, 2.05) is 35.7 Å². The van der Waals surface area contributed by atoms with Crippen molar-refractivity contribution in [3.63, 3.8) is 0 Å². The molecule has 3 aromatic rings. The predicted molar refractivity (Wildman–Crippen MR) is 94.1 cm³/mol. The Bertz CT molecular complexity index is 938. The van der Waals surface area contributed by atoms with Gasteiger partial charge in [0.25, 0.3) is 5.69 Å². The van der Waals surface area contributed by atoms with E-state index >= 15 is 0 Å². The summed E-state index contributed by atoms with van der Waals surface area (Å²) in [5, 5.41) is 22.7. The maximum Gasteiger partial charge on any atom is 0.269 e. The molecule has 1 aromatic heterocycles. The van der Waals surface area contributed by atoms with Crippen LogP contribution < -0.4 is 0 Å². The van der Waals surface area contributed by atoms with Crippen molar-refractivity contribution in [2.24, 2.45) is 0 Å². The maximum atomic E-state index is 10.7. The number of nitrogens with zero attached hydrogens (tertiary/aromatic N) is 3. The Labute approximate surface area is 142 Å². The van der Waals surface area contributed by atoms with E-state index in [1.54, 1.807) is 18.2 Å². The fraction of sp³-hybridized carbons (Fsp3) is 0. The van der Waals surface area contributed by atoms with Crippen LogP contribution in [0.3, 0.4) is 0 Å². The van der Waals surface area contributed by atoms with Gasteiger partial charge in [-0.05, 0) is 23.8 Å². The van der Waals surface area contributed by atoms with Gasteiger partial charge in [-0.15, -0.1) is 11.3 Å². The smallest absolute Gasteiger partial charge is 0.258 e. The fourth-order valence-corrected chi connectivity index (χ4v) is 2.92. The molecule has 116 valence electrons. The third-order valence-electron chi connectivity index (χ3n) is 3.37. The molecule has 0 aliphatic heterocycles. The van der Waals surface area contributed by atoms with Crippen LogP contribution in [0.2, 0.25) is 0 Å². The normalized spacial score (nSPS) is 11.0. The van der Waals surface area contributed by atoms with Gasteiger partial charge in [0.15, 0.2) is 0 Å². The van der Waals surface area contributed by atoms with E-state index in [0.717, 1.165) is 11.3 Å². The SMILES string of the molecule is N#C/C(=C/c1nc(-c2ccccc2)cs1)c1ccc([N+](=O)[O-])cc1. The molecule has 0 amide bonds. The molecule has 24 heavy (non-hydrogen) atoms. The Kier molecular flexibility index (Phi) is 4.45. The predicted octanol–water partition coefficient (Wildman–Crippen LogP) is 4.78. The Balaban J connectivity index is 1.90. The third-order valence-corrected chi connectivity index (χ3v) is 4.16. The molecule has 0 radical (unpaired) electrons. The number of allylic oxidation sites excluding steroid dienone is 1. The Morgan fingerprint density at radius 3 is 2.50 bits per heavy atom. The number of rotatable bonds is 4. The van der Waals surface area contributed by atoms with Crippen LogP contribution in [0, 0.1) is 21.4 Å². The lowest BCUT2D eigenvalue weighted by atomic mass is 10.1. The quantitative estimate of drug-likeness (QED) is 0.391. The molecule has 0 unspecified atom stereocenters. The summed E-state index contributed by atoms with van der Waals surface area (Å²) in [5.41, 5.74) is 2.91. The standard InChI is InChI=1S/C18H11N3O2S/c19-11-15(13-6-8-16(9-7-13)21(22)23)10-18-20-17(12-24-18)14-4-2-1-3-5-14/h1-10,12H/b15-10-. The van der Waals surface area contributed by atoms with Crippen LogP contribution in [0.5, 0.6) is 0 Å². The number of nitro benzene ring substituents is 1. The minimum absolute atomic E-state index is 0.00310. The Morgan fingerprint density at radius 1 is 1.17 bits per heavy atom. The summed E-state index contributed by atoms with van der Waals surface area (Å²) in [6.45, 7) is 0. The molecule has 0 spiro atoms. The van der Waals surface area contributed by atoms with Crippen molar-refractivity contribution in [2.75, 3.05) is 0 Å². The highest BCUT2D eigenvalue weighted by Crippen LogP contribution is 2.25. The van der Waals surface area contributed by atoms with Gasteiger partial charge in [0.2, 0.25) is 0 Å². The highest BCUT2D eigenvalue weighted by Gasteiger charge is 2.08. The zero-order valence-electron chi connectivity index (χ0n) is 12.4. The van der Waals surface area contributed by atoms with Gasteiger partial charge in [-0.2, -0.15) is 5.26 Å². The van der Waals surface area contributed by atoms with E-state index in [1.165, 1.54) is 23.5 Å². The maximum absolute atomic E-state index is 10.7. The highest BCUT2D eigenvalue weighted by molar-refractivity contribution is 7.10. The van der Waals surface area contributed by atoms with Crippen LogP contribution in [-0.2, 0) is 0 Å². The summed E-state index contributed by atoms with van der Waals surface area (Å²) in [5.74, 6) is 0. The average Bonchev–Trinajstić information content (AvgIpc) is 3.09. The van der Waals surface area contributed by atoms with E-state index in [-0.39, 0.29) is 5.69 Å². The molecule has 0 aliphatic carbocycles. The molecule has 3 rings (SSSR count). The number of hydrogen-bond donors (Lipinski definition) is 0. The number of nitro groups is 1. The summed E-state index contributed by atoms with van der Waals surface area (Å²) in [7, 11) is 0. The zero-order valence-corrected chi connectivity index (χ0v) is 13.2. The van der Waals surface area contributed by atoms with Crippen molar-refractivity contribution in [1.29, 1.82) is 5.26 Å². The first-order chi connectivity index (χ1) is 11.7. The van der Waals surface area contributed by atoms with Gasteiger partial charge in [-0.25, -0.2) is 4.98 Å². The van der Waals surface area contributed by atoms with Gasteiger partial charge in [-0.1, -0.05) is 30.3 Å². The number of aromatic nitrogens is 1. The minimum Gasteiger partial charge on any atom is -0.258 e. The van der Waals surface area contributed by atoms with Gasteiger partial charge in [-0.3, -0.25) is 10.1 Å². The second-order valence-corrected chi connectivity index (χ2v) is 5.80. The second kappa shape index (κ2) is 6.86. The first-order valence-corrected chi connectivity index (χ1v) is 7.93. The summed E-state index contributed by atoms with van der Waals surface area (Å²) in [4.78, 5) is 14.8. The van der Waals surface area contributed by atoms with Crippen LogP contribution in [-0.4, -0.2) is 9.91 Å². The van der Waals surface area contributed by atoms with Gasteiger partial charge >= 0.3 is 0 Å². The molecule has 0 N–H and O–H groups in total. The van der Waals surface area contributed by atoms with Crippen LogP contribution in [0.15, 0.2) is 60.0 Å². The van der Waals surface area contributed by atoms with Gasteiger partial charge < -0.3 is 0 Å². The Hall–Kier alpha value is -3.30. The van der Waals surface area contributed by atoms with Crippen molar-refractivity contribution >= 4 is 28.7 Å². The van der Waals surface area contributed by atoms with Crippen LogP contribution >= 0.6 is 11.3 Å². The largest absolute Gasteiger partial charge is 0.269 e. The number of benzene rings is 2. The van der Waals surface area contributed by atoms with Crippen molar-refractivity contribution in [2.45, 2.75) is 0 Å². The van der Waals surface area contributed by atoms with Crippen molar-refractivity contribution in [3.05, 3.63) is 80.7 Å². The average molecular weight is 333 g/mol. The molecule has 0 saturated carbocycles. The van der Waals surface area contributed by atoms with Gasteiger partial charge in [0.05, 0.1) is 22.3 Å². The molecule has 5 nitrogen and oxygen atoms in total. The van der Waals surface area contributed by atoms with Crippen molar-refractivity contribution in [3.8, 4) is 17.3 Å². The Morgan fingerprint density at radius 2 is 1.88 bits per heavy atom. The molecular formula is C18H11N3O2S. The molecule has 6 heteroatoms. The summed E-state index contributed by atoms with van der Waals surface area (Å²) in [6.07, 6.45) is 1.69. The van der Waals surface area contributed by atoms with E-state index < -0.39 is 4.92 Å². The lowest BCUT2D eigenvalue weighted by molar-refractivity contribution is -0.384. The number of hydrogen-bond acceptors (Lipinski definition) is 5. The van der Waals surface area contributed by atoms with Crippen molar-refractivity contribution < 1.29 is 4.92 Å². The van der Waals surface area contributed by atoms with Gasteiger partial charge in [0.1, 0.15) is 5.01 Å². The van der Waals surface area contributed by atoms with Gasteiger partial charge in [0, 0.05) is 23.1 Å². The minimum atomic E-state index is -0.466. The molecule has 2 aromatic carbocycles. The third kappa shape index (κ3) is 3.37. The monoisotopic (exact) mass is 333 g/mol. The molecule has 0 fully saturated rings. The first-order valence-electron chi connectivity index (χ1n) is 7.05. The molecule has 0 aliphatic rings. The summed E-state index contributed by atoms with van der Waals surface area (Å²) in [6, 6.07) is 17.8. The molecule has 0 atom stereocenters. The number of nitriles is 1. The van der Waals surface area contributed by atoms with E-state index in [9.17, 15) is 15.4 Å². The van der Waals surface area contributed by atoms with Crippen LogP contribution in [0.1, 0.15) is 10.6 Å². The van der Waals surface area contributed by atoms with Crippen LogP contribution in [0.25, 0.3) is 22.9 Å². The van der Waals surface area contributed by atoms with Crippen molar-refractivity contribution in [1.82, 2.24) is 4.98 Å². The molecule has 1 heterocycles. The molecular weight excluding hydrogens is 322 g/mol. The zero-order chi connectivity index (χ0) is 16.9. The fourth-order valence-electron chi connectivity index (χ4n) is 2.16. The second-order valence-electron chi connectivity index (χ2n) is 4.91. The molecule has 0 saturated heterocycles. The first kappa shape index (κ1) is 15.6. The van der Waals surface area contributed by atoms with E-state index in [2.05, 4.69) is 11.1 Å². The van der Waals surface area contributed by atoms with Crippen LogP contribution in [0.4, 0.5) is 5.69 Å². The lowest BCUT2D eigenvalue weighted by Gasteiger charge is -1.98. The molecule has 0 bridgehead atoms. The topological polar surface area (TPSA) is 79.8 Å².